The van der Waals surface area contributed by atoms with Crippen molar-refractivity contribution >= 4 is 15.9 Å². The molecule has 0 radical (unpaired) electrons. The highest BCUT2D eigenvalue weighted by Gasteiger charge is 2.36. The van der Waals surface area contributed by atoms with Crippen LogP contribution in [0.2, 0.25) is 0 Å². The van der Waals surface area contributed by atoms with Gasteiger partial charge in [0.2, 0.25) is 15.9 Å². The number of hydrogen-bond donors (Lipinski definition) is 0. The van der Waals surface area contributed by atoms with E-state index < -0.39 is 10.0 Å². The molecule has 0 unspecified atom stereocenters. The van der Waals surface area contributed by atoms with Gasteiger partial charge in [-0.3, -0.25) is 4.79 Å². The zero-order chi connectivity index (χ0) is 17.9. The summed E-state index contributed by atoms with van der Waals surface area (Å²) in [6.45, 7) is 4.40. The van der Waals surface area contributed by atoms with E-state index in [9.17, 15) is 13.2 Å². The predicted octanol–water partition coefficient (Wildman–Crippen LogP) is 2.11. The van der Waals surface area contributed by atoms with Crippen molar-refractivity contribution in [3.63, 3.8) is 0 Å². The Labute approximate surface area is 149 Å². The first-order valence-electron chi connectivity index (χ1n) is 9.04. The SMILES string of the molecule is CCCCOc1ccc(S(=O)(=O)N2CCN(C(=O)C3CC3)CC2)cc1. The molecule has 0 N–H and O–H groups in total. The summed E-state index contributed by atoms with van der Waals surface area (Å²) in [4.78, 5) is 14.2. The van der Waals surface area contributed by atoms with Crippen LogP contribution in [0.15, 0.2) is 29.2 Å². The van der Waals surface area contributed by atoms with Gasteiger partial charge in [-0.05, 0) is 43.5 Å². The van der Waals surface area contributed by atoms with Gasteiger partial charge < -0.3 is 9.64 Å². The number of benzene rings is 1. The number of nitrogens with zero attached hydrogens (tertiary/aromatic N) is 2. The summed E-state index contributed by atoms with van der Waals surface area (Å²) >= 11 is 0. The normalized spacial score (nSPS) is 19.0. The van der Waals surface area contributed by atoms with Crippen LogP contribution in [0.4, 0.5) is 0 Å². The van der Waals surface area contributed by atoms with Crippen LogP contribution in [0.3, 0.4) is 0 Å². The Morgan fingerprint density at radius 3 is 2.32 bits per heavy atom. The molecule has 1 saturated carbocycles. The Morgan fingerprint density at radius 1 is 1.12 bits per heavy atom. The number of piperazine rings is 1. The van der Waals surface area contributed by atoms with Crippen LogP contribution in [0, 0.1) is 5.92 Å². The van der Waals surface area contributed by atoms with Crippen LogP contribution in [0.25, 0.3) is 0 Å². The number of unbranched alkanes of at least 4 members (excludes halogenated alkanes) is 1. The Kier molecular flexibility index (Phi) is 5.64. The molecule has 1 amide bonds. The van der Waals surface area contributed by atoms with Crippen LogP contribution < -0.4 is 4.74 Å². The fourth-order valence-corrected chi connectivity index (χ4v) is 4.35. The monoisotopic (exact) mass is 366 g/mol. The van der Waals surface area contributed by atoms with Gasteiger partial charge in [0.15, 0.2) is 0 Å². The Balaban J connectivity index is 1.58. The summed E-state index contributed by atoms with van der Waals surface area (Å²) in [7, 11) is -3.52. The molecular weight excluding hydrogens is 340 g/mol. The van der Waals surface area contributed by atoms with Crippen molar-refractivity contribution in [2.45, 2.75) is 37.5 Å². The van der Waals surface area contributed by atoms with Crippen molar-refractivity contribution in [1.29, 1.82) is 0 Å². The highest BCUT2D eigenvalue weighted by molar-refractivity contribution is 7.89. The van der Waals surface area contributed by atoms with E-state index in [-0.39, 0.29) is 16.7 Å². The van der Waals surface area contributed by atoms with E-state index in [2.05, 4.69) is 6.92 Å². The molecule has 0 bridgehead atoms. The van der Waals surface area contributed by atoms with Crippen LogP contribution in [0.1, 0.15) is 32.6 Å². The first-order chi connectivity index (χ1) is 12.0. The fourth-order valence-electron chi connectivity index (χ4n) is 2.93. The molecule has 138 valence electrons. The number of rotatable bonds is 7. The number of amides is 1. The summed E-state index contributed by atoms with van der Waals surface area (Å²) in [5.74, 6) is 1.06. The Morgan fingerprint density at radius 2 is 1.76 bits per heavy atom. The molecule has 3 rings (SSSR count). The molecule has 25 heavy (non-hydrogen) atoms. The molecule has 1 saturated heterocycles. The minimum absolute atomic E-state index is 0.184. The van der Waals surface area contributed by atoms with Crippen LogP contribution in [-0.2, 0) is 14.8 Å². The van der Waals surface area contributed by atoms with Gasteiger partial charge in [-0.2, -0.15) is 4.31 Å². The highest BCUT2D eigenvalue weighted by Crippen LogP contribution is 2.31. The lowest BCUT2D eigenvalue weighted by molar-refractivity contribution is -0.133. The van der Waals surface area contributed by atoms with Gasteiger partial charge in [-0.25, -0.2) is 8.42 Å². The smallest absolute Gasteiger partial charge is 0.243 e. The largest absolute Gasteiger partial charge is 0.494 e. The second-order valence-corrected chi connectivity index (χ2v) is 8.61. The second-order valence-electron chi connectivity index (χ2n) is 6.68. The summed E-state index contributed by atoms with van der Waals surface area (Å²) in [6, 6.07) is 6.60. The van der Waals surface area contributed by atoms with Gasteiger partial charge in [0.25, 0.3) is 0 Å². The molecule has 7 heteroatoms. The molecular formula is C18H26N2O4S. The summed E-state index contributed by atoms with van der Waals surface area (Å²) in [5, 5.41) is 0. The zero-order valence-corrected chi connectivity index (χ0v) is 15.5. The van der Waals surface area contributed by atoms with E-state index in [1.165, 1.54) is 4.31 Å². The van der Waals surface area contributed by atoms with Gasteiger partial charge >= 0.3 is 0 Å². The number of hydrogen-bond acceptors (Lipinski definition) is 4. The molecule has 0 spiro atoms. The maximum atomic E-state index is 12.8. The van der Waals surface area contributed by atoms with E-state index in [4.69, 9.17) is 4.74 Å². The standard InChI is InChI=1S/C18H26N2O4S/c1-2-3-14-24-16-6-8-17(9-7-16)25(22,23)20-12-10-19(11-13-20)18(21)15-4-5-15/h6-9,15H,2-5,10-14H2,1H3. The molecule has 1 aromatic rings. The second kappa shape index (κ2) is 7.74. The van der Waals surface area contributed by atoms with Gasteiger partial charge in [0.1, 0.15) is 5.75 Å². The number of ether oxygens (including phenoxy) is 1. The maximum Gasteiger partial charge on any atom is 0.243 e. The minimum Gasteiger partial charge on any atom is -0.494 e. The zero-order valence-electron chi connectivity index (χ0n) is 14.7. The fraction of sp³-hybridized carbons (Fsp3) is 0.611. The third-order valence-electron chi connectivity index (χ3n) is 4.71. The summed E-state index contributed by atoms with van der Waals surface area (Å²) < 4.78 is 32.6. The van der Waals surface area contributed by atoms with Crippen LogP contribution in [-0.4, -0.2) is 56.3 Å². The van der Waals surface area contributed by atoms with Crippen molar-refractivity contribution in [3.8, 4) is 5.75 Å². The van der Waals surface area contributed by atoms with E-state index in [1.54, 1.807) is 29.2 Å². The lowest BCUT2D eigenvalue weighted by Gasteiger charge is -2.34. The molecule has 6 nitrogen and oxygen atoms in total. The maximum absolute atomic E-state index is 12.8. The highest BCUT2D eigenvalue weighted by atomic mass is 32.2. The molecule has 1 aromatic carbocycles. The Bertz CT molecular complexity index is 690. The summed E-state index contributed by atoms with van der Waals surface area (Å²) in [6.07, 6.45) is 3.99. The van der Waals surface area contributed by atoms with Gasteiger partial charge in [-0.1, -0.05) is 13.3 Å². The lowest BCUT2D eigenvalue weighted by atomic mass is 10.3. The van der Waals surface area contributed by atoms with E-state index >= 15 is 0 Å². The van der Waals surface area contributed by atoms with E-state index in [0.29, 0.717) is 38.5 Å². The van der Waals surface area contributed by atoms with E-state index in [0.717, 1.165) is 25.7 Å². The average Bonchev–Trinajstić information content (AvgIpc) is 3.47. The van der Waals surface area contributed by atoms with Crippen molar-refractivity contribution in [3.05, 3.63) is 24.3 Å². The molecule has 1 aliphatic heterocycles. The number of sulfonamides is 1. The summed E-state index contributed by atoms with van der Waals surface area (Å²) in [5.41, 5.74) is 0. The van der Waals surface area contributed by atoms with Crippen molar-refractivity contribution < 1.29 is 17.9 Å². The van der Waals surface area contributed by atoms with Crippen molar-refractivity contribution in [2.24, 2.45) is 5.92 Å². The lowest BCUT2D eigenvalue weighted by Crippen LogP contribution is -2.50. The number of carbonyl (C=O) groups is 1. The first kappa shape index (κ1) is 18.2. The van der Waals surface area contributed by atoms with Gasteiger partial charge in [0.05, 0.1) is 11.5 Å². The van der Waals surface area contributed by atoms with Gasteiger partial charge in [0, 0.05) is 32.1 Å². The predicted molar refractivity (Wildman–Crippen MR) is 94.9 cm³/mol. The third-order valence-corrected chi connectivity index (χ3v) is 6.62. The van der Waals surface area contributed by atoms with Crippen LogP contribution >= 0.6 is 0 Å². The molecule has 1 aliphatic carbocycles. The molecule has 1 heterocycles. The number of carbonyl (C=O) groups excluding carboxylic acids is 1. The topological polar surface area (TPSA) is 66.9 Å². The minimum atomic E-state index is -3.52. The average molecular weight is 366 g/mol. The molecule has 2 fully saturated rings. The Hall–Kier alpha value is -1.60. The molecule has 2 aliphatic rings. The molecule has 0 atom stereocenters. The first-order valence-corrected chi connectivity index (χ1v) is 10.5. The van der Waals surface area contributed by atoms with E-state index in [1.807, 2.05) is 0 Å². The van der Waals surface area contributed by atoms with Crippen molar-refractivity contribution in [1.82, 2.24) is 9.21 Å². The molecule has 0 aromatic heterocycles. The van der Waals surface area contributed by atoms with Gasteiger partial charge in [-0.15, -0.1) is 0 Å². The van der Waals surface area contributed by atoms with Crippen LogP contribution in [0.5, 0.6) is 5.75 Å². The third kappa shape index (κ3) is 4.33. The quantitative estimate of drug-likeness (QED) is 0.693. The van der Waals surface area contributed by atoms with Crippen molar-refractivity contribution in [2.75, 3.05) is 32.8 Å².